The number of rotatable bonds is 6. The lowest BCUT2D eigenvalue weighted by atomic mass is 10.1. The lowest BCUT2D eigenvalue weighted by Crippen LogP contribution is -2.35. The van der Waals surface area contributed by atoms with Crippen LogP contribution in [0.1, 0.15) is 59.1 Å². The van der Waals surface area contributed by atoms with E-state index in [0.717, 1.165) is 18.5 Å². The molecule has 4 nitrogen and oxygen atoms in total. The summed E-state index contributed by atoms with van der Waals surface area (Å²) >= 11 is 0. The molecule has 1 amide bonds. The molecule has 0 spiro atoms. The molecule has 134 valence electrons. The van der Waals surface area contributed by atoms with Crippen LogP contribution in [0.5, 0.6) is 0 Å². The number of hydrogen-bond donors (Lipinski definition) is 2. The van der Waals surface area contributed by atoms with Gasteiger partial charge in [0.2, 0.25) is 0 Å². The zero-order valence-electron chi connectivity index (χ0n) is 15.9. The number of ether oxygens (including phenoxy) is 1. The van der Waals surface area contributed by atoms with Crippen molar-refractivity contribution in [2.75, 3.05) is 6.54 Å². The second kappa shape index (κ2) is 8.88. The van der Waals surface area contributed by atoms with Crippen LogP contribution >= 0.6 is 0 Å². The second-order valence-corrected chi connectivity index (χ2v) is 7.96. The Morgan fingerprint density at radius 3 is 2.25 bits per heavy atom. The van der Waals surface area contributed by atoms with Gasteiger partial charge in [-0.05, 0) is 59.1 Å². The molecule has 0 saturated carbocycles. The van der Waals surface area contributed by atoms with Crippen LogP contribution in [0.2, 0.25) is 0 Å². The summed E-state index contributed by atoms with van der Waals surface area (Å²) in [6.45, 7) is 13.5. The molecule has 0 radical (unpaired) electrons. The molecule has 0 saturated heterocycles. The quantitative estimate of drug-likeness (QED) is 0.754. The summed E-state index contributed by atoms with van der Waals surface area (Å²) in [6.07, 6.45) is 4.52. The Balaban J connectivity index is 2.31. The van der Waals surface area contributed by atoms with Crippen molar-refractivity contribution in [3.05, 3.63) is 41.5 Å². The highest BCUT2D eigenvalue weighted by Crippen LogP contribution is 2.09. The van der Waals surface area contributed by atoms with E-state index >= 15 is 0 Å². The van der Waals surface area contributed by atoms with E-state index in [1.165, 1.54) is 5.56 Å². The van der Waals surface area contributed by atoms with E-state index in [1.807, 2.05) is 20.8 Å². The fraction of sp³-hybridized carbons (Fsp3) is 0.550. The van der Waals surface area contributed by atoms with Crippen molar-refractivity contribution >= 4 is 12.2 Å². The standard InChI is InChI=1S/C20H32N2O2/c1-19(2,3)22-15-17-12-10-16(11-13-17)9-7-8-14-21-18(23)24-20(4,5)6/h7,9-13,22H,8,14-15H2,1-6H3,(H,21,23). The monoisotopic (exact) mass is 332 g/mol. The van der Waals surface area contributed by atoms with Gasteiger partial charge in [0.1, 0.15) is 5.60 Å². The maximum atomic E-state index is 11.5. The van der Waals surface area contributed by atoms with Crippen LogP contribution in [-0.4, -0.2) is 23.8 Å². The molecule has 0 heterocycles. The number of nitrogens with one attached hydrogen (secondary N) is 2. The molecule has 0 fully saturated rings. The van der Waals surface area contributed by atoms with Crippen LogP contribution in [0.4, 0.5) is 4.79 Å². The Morgan fingerprint density at radius 2 is 1.71 bits per heavy atom. The van der Waals surface area contributed by atoms with Gasteiger partial charge in [-0.25, -0.2) is 4.79 Å². The van der Waals surface area contributed by atoms with E-state index in [0.29, 0.717) is 6.54 Å². The van der Waals surface area contributed by atoms with Gasteiger partial charge in [0.15, 0.2) is 0 Å². The van der Waals surface area contributed by atoms with Crippen LogP contribution in [-0.2, 0) is 11.3 Å². The van der Waals surface area contributed by atoms with Crippen LogP contribution in [0, 0.1) is 0 Å². The fourth-order valence-electron chi connectivity index (χ4n) is 1.90. The second-order valence-electron chi connectivity index (χ2n) is 7.96. The lowest BCUT2D eigenvalue weighted by molar-refractivity contribution is 0.0529. The van der Waals surface area contributed by atoms with Crippen molar-refractivity contribution < 1.29 is 9.53 Å². The molecular weight excluding hydrogens is 300 g/mol. The van der Waals surface area contributed by atoms with Crippen molar-refractivity contribution in [3.8, 4) is 0 Å². The highest BCUT2D eigenvalue weighted by Gasteiger charge is 2.15. The molecule has 1 aromatic carbocycles. The van der Waals surface area contributed by atoms with E-state index in [9.17, 15) is 4.79 Å². The number of alkyl carbamates (subject to hydrolysis) is 1. The predicted octanol–water partition coefficient (Wildman–Crippen LogP) is 4.50. The third-order valence-electron chi connectivity index (χ3n) is 3.09. The zero-order chi connectivity index (χ0) is 18.2. The normalized spacial score (nSPS) is 12.4. The first-order chi connectivity index (χ1) is 11.1. The van der Waals surface area contributed by atoms with Gasteiger partial charge in [-0.15, -0.1) is 0 Å². The largest absolute Gasteiger partial charge is 0.444 e. The first-order valence-corrected chi connectivity index (χ1v) is 8.52. The number of carbonyl (C=O) groups excluding carboxylic acids is 1. The summed E-state index contributed by atoms with van der Waals surface area (Å²) in [6, 6.07) is 8.49. The summed E-state index contributed by atoms with van der Waals surface area (Å²) in [7, 11) is 0. The Morgan fingerprint density at radius 1 is 1.08 bits per heavy atom. The minimum Gasteiger partial charge on any atom is -0.444 e. The average molecular weight is 332 g/mol. The SMILES string of the molecule is CC(C)(C)NCc1ccc(C=CCCNC(=O)OC(C)(C)C)cc1. The van der Waals surface area contributed by atoms with Crippen LogP contribution < -0.4 is 10.6 Å². The lowest BCUT2D eigenvalue weighted by Gasteiger charge is -2.20. The van der Waals surface area contributed by atoms with Gasteiger partial charge in [0.25, 0.3) is 0 Å². The molecule has 1 aromatic rings. The van der Waals surface area contributed by atoms with E-state index in [-0.39, 0.29) is 11.6 Å². The number of hydrogen-bond acceptors (Lipinski definition) is 3. The number of amides is 1. The molecule has 2 N–H and O–H groups in total. The molecule has 0 aromatic heterocycles. The van der Waals surface area contributed by atoms with E-state index in [2.05, 4.69) is 67.8 Å². The first-order valence-electron chi connectivity index (χ1n) is 8.52. The minimum absolute atomic E-state index is 0.125. The van der Waals surface area contributed by atoms with Crippen LogP contribution in [0.25, 0.3) is 6.08 Å². The van der Waals surface area contributed by atoms with Gasteiger partial charge in [-0.2, -0.15) is 0 Å². The smallest absolute Gasteiger partial charge is 0.407 e. The molecule has 4 heteroatoms. The third kappa shape index (κ3) is 10.1. The molecule has 0 aliphatic carbocycles. The number of benzene rings is 1. The van der Waals surface area contributed by atoms with Gasteiger partial charge < -0.3 is 15.4 Å². The summed E-state index contributed by atoms with van der Waals surface area (Å²) in [5.74, 6) is 0. The van der Waals surface area contributed by atoms with Gasteiger partial charge in [-0.3, -0.25) is 0 Å². The van der Waals surface area contributed by atoms with Gasteiger partial charge >= 0.3 is 6.09 Å². The molecule has 0 atom stereocenters. The molecule has 0 bridgehead atoms. The molecule has 1 rings (SSSR count). The molecule has 0 aliphatic rings. The first kappa shape index (κ1) is 20.2. The fourth-order valence-corrected chi connectivity index (χ4v) is 1.90. The summed E-state index contributed by atoms with van der Waals surface area (Å²) < 4.78 is 5.18. The summed E-state index contributed by atoms with van der Waals surface area (Å²) in [5, 5.41) is 6.22. The maximum absolute atomic E-state index is 11.5. The van der Waals surface area contributed by atoms with Crippen molar-refractivity contribution in [1.82, 2.24) is 10.6 Å². The van der Waals surface area contributed by atoms with Gasteiger partial charge in [0.05, 0.1) is 0 Å². The maximum Gasteiger partial charge on any atom is 0.407 e. The Labute approximate surface area is 146 Å². The average Bonchev–Trinajstić information content (AvgIpc) is 2.43. The molecule has 24 heavy (non-hydrogen) atoms. The predicted molar refractivity (Wildman–Crippen MR) is 101 cm³/mol. The highest BCUT2D eigenvalue weighted by molar-refractivity contribution is 5.67. The van der Waals surface area contributed by atoms with Crippen molar-refractivity contribution in [3.63, 3.8) is 0 Å². The summed E-state index contributed by atoms with van der Waals surface area (Å²) in [4.78, 5) is 11.5. The van der Waals surface area contributed by atoms with Crippen LogP contribution in [0.3, 0.4) is 0 Å². The van der Waals surface area contributed by atoms with Gasteiger partial charge in [0, 0.05) is 18.6 Å². The zero-order valence-corrected chi connectivity index (χ0v) is 15.9. The summed E-state index contributed by atoms with van der Waals surface area (Å²) in [5.41, 5.74) is 2.10. The van der Waals surface area contributed by atoms with Crippen molar-refractivity contribution in [2.45, 2.75) is 65.6 Å². The molecular formula is C20H32N2O2. The van der Waals surface area contributed by atoms with E-state index in [4.69, 9.17) is 4.74 Å². The third-order valence-corrected chi connectivity index (χ3v) is 3.09. The van der Waals surface area contributed by atoms with Crippen LogP contribution in [0.15, 0.2) is 30.3 Å². The Kier molecular flexibility index (Phi) is 7.49. The molecule has 0 aliphatic heterocycles. The van der Waals surface area contributed by atoms with Crippen molar-refractivity contribution in [2.24, 2.45) is 0 Å². The Bertz CT molecular complexity index is 534. The van der Waals surface area contributed by atoms with E-state index in [1.54, 1.807) is 0 Å². The topological polar surface area (TPSA) is 50.4 Å². The van der Waals surface area contributed by atoms with Gasteiger partial charge in [-0.1, -0.05) is 36.4 Å². The Hall–Kier alpha value is -1.81. The van der Waals surface area contributed by atoms with E-state index < -0.39 is 5.60 Å². The highest BCUT2D eigenvalue weighted by atomic mass is 16.6. The number of carbonyl (C=O) groups is 1. The van der Waals surface area contributed by atoms with Crippen molar-refractivity contribution in [1.29, 1.82) is 0 Å². The molecule has 0 unspecified atom stereocenters. The minimum atomic E-state index is -0.455.